The number of anilines is 2. The summed E-state index contributed by atoms with van der Waals surface area (Å²) >= 11 is 0. The first-order valence-corrected chi connectivity index (χ1v) is 6.91. The number of hydrogen-bond donors (Lipinski definition) is 3. The molecule has 0 aliphatic carbocycles. The Labute approximate surface area is 122 Å². The van der Waals surface area contributed by atoms with Gasteiger partial charge in [-0.2, -0.15) is 0 Å². The van der Waals surface area contributed by atoms with Crippen LogP contribution in [0.3, 0.4) is 0 Å². The van der Waals surface area contributed by atoms with E-state index in [4.69, 9.17) is 5.11 Å². The second-order valence-electron chi connectivity index (χ2n) is 5.42. The number of rotatable bonds is 5. The van der Waals surface area contributed by atoms with Gasteiger partial charge < -0.3 is 15.7 Å². The third-order valence-corrected chi connectivity index (χ3v) is 3.84. The molecular weight excluding hydrogens is 274 g/mol. The zero-order valence-electron chi connectivity index (χ0n) is 12.0. The first-order valence-electron chi connectivity index (χ1n) is 6.91. The van der Waals surface area contributed by atoms with Crippen LogP contribution in [0.1, 0.15) is 25.8 Å². The standard InChI is InChI=1S/C14H19N3O4/c1-8(7-18)9(2)15-12-6-11-10(3-4-14(19)16-11)5-13(12)17(20)21/h5-6,8-9,15,18H,3-4,7H2,1-2H3,(H,16,19). The molecule has 1 heterocycles. The molecule has 0 bridgehead atoms. The molecule has 0 aromatic heterocycles. The van der Waals surface area contributed by atoms with Crippen molar-refractivity contribution in [2.24, 2.45) is 5.92 Å². The summed E-state index contributed by atoms with van der Waals surface area (Å²) in [7, 11) is 0. The molecular formula is C14H19N3O4. The van der Waals surface area contributed by atoms with E-state index in [1.165, 1.54) is 6.07 Å². The molecule has 7 nitrogen and oxygen atoms in total. The average molecular weight is 293 g/mol. The highest BCUT2D eigenvalue weighted by molar-refractivity contribution is 5.95. The van der Waals surface area contributed by atoms with Gasteiger partial charge in [0.05, 0.1) is 4.92 Å². The monoisotopic (exact) mass is 293 g/mol. The van der Waals surface area contributed by atoms with Crippen LogP contribution in [-0.4, -0.2) is 28.6 Å². The largest absolute Gasteiger partial charge is 0.396 e. The molecule has 7 heteroatoms. The Morgan fingerprint density at radius 2 is 2.14 bits per heavy atom. The van der Waals surface area contributed by atoms with Gasteiger partial charge in [0.1, 0.15) is 5.69 Å². The summed E-state index contributed by atoms with van der Waals surface area (Å²) in [6, 6.07) is 2.98. The number of nitro groups is 1. The van der Waals surface area contributed by atoms with Crippen LogP contribution >= 0.6 is 0 Å². The molecule has 2 rings (SSSR count). The lowest BCUT2D eigenvalue weighted by Crippen LogP contribution is -2.27. The van der Waals surface area contributed by atoms with E-state index < -0.39 is 4.92 Å². The number of carbonyl (C=O) groups is 1. The number of nitrogens with zero attached hydrogens (tertiary/aromatic N) is 1. The van der Waals surface area contributed by atoms with E-state index in [1.807, 2.05) is 13.8 Å². The number of carbonyl (C=O) groups excluding carboxylic acids is 1. The highest BCUT2D eigenvalue weighted by Crippen LogP contribution is 2.34. The number of hydrogen-bond acceptors (Lipinski definition) is 5. The second-order valence-corrected chi connectivity index (χ2v) is 5.42. The molecule has 114 valence electrons. The van der Waals surface area contributed by atoms with Gasteiger partial charge in [-0.25, -0.2) is 0 Å². The Bertz CT molecular complexity index is 574. The zero-order valence-corrected chi connectivity index (χ0v) is 12.0. The minimum Gasteiger partial charge on any atom is -0.396 e. The fourth-order valence-corrected chi connectivity index (χ4v) is 2.23. The maximum atomic E-state index is 11.4. The van der Waals surface area contributed by atoms with Crippen LogP contribution in [0.25, 0.3) is 0 Å². The molecule has 0 saturated heterocycles. The van der Waals surface area contributed by atoms with Crippen LogP contribution in [-0.2, 0) is 11.2 Å². The molecule has 0 radical (unpaired) electrons. The van der Waals surface area contributed by atoms with Crippen molar-refractivity contribution in [1.82, 2.24) is 0 Å². The smallest absolute Gasteiger partial charge is 0.292 e. The molecule has 2 atom stereocenters. The molecule has 0 spiro atoms. The van der Waals surface area contributed by atoms with Crippen molar-refractivity contribution in [2.45, 2.75) is 32.7 Å². The highest BCUT2D eigenvalue weighted by atomic mass is 16.6. The van der Waals surface area contributed by atoms with E-state index >= 15 is 0 Å². The van der Waals surface area contributed by atoms with Crippen molar-refractivity contribution in [3.8, 4) is 0 Å². The topological polar surface area (TPSA) is 104 Å². The average Bonchev–Trinajstić information content (AvgIpc) is 2.45. The van der Waals surface area contributed by atoms with Gasteiger partial charge in [-0.1, -0.05) is 6.92 Å². The lowest BCUT2D eigenvalue weighted by molar-refractivity contribution is -0.384. The number of nitro benzene ring substituents is 1. The van der Waals surface area contributed by atoms with Crippen LogP contribution in [0.4, 0.5) is 17.1 Å². The summed E-state index contributed by atoms with van der Waals surface area (Å²) in [5, 5.41) is 26.2. The van der Waals surface area contributed by atoms with Gasteiger partial charge in [-0.3, -0.25) is 14.9 Å². The van der Waals surface area contributed by atoms with Crippen molar-refractivity contribution < 1.29 is 14.8 Å². The van der Waals surface area contributed by atoms with E-state index in [2.05, 4.69) is 10.6 Å². The Morgan fingerprint density at radius 3 is 2.76 bits per heavy atom. The zero-order chi connectivity index (χ0) is 15.6. The quantitative estimate of drug-likeness (QED) is 0.568. The SMILES string of the molecule is CC(CO)C(C)Nc1cc2c(cc1[N+](=O)[O-])CCC(=O)N2. The lowest BCUT2D eigenvalue weighted by atomic mass is 10.00. The molecule has 2 unspecified atom stereocenters. The summed E-state index contributed by atoms with van der Waals surface area (Å²) in [5.74, 6) is -0.130. The van der Waals surface area contributed by atoms with Crippen molar-refractivity contribution in [2.75, 3.05) is 17.2 Å². The van der Waals surface area contributed by atoms with E-state index in [0.29, 0.717) is 24.2 Å². The summed E-state index contributed by atoms with van der Waals surface area (Å²) in [6.45, 7) is 3.69. The Balaban J connectivity index is 2.36. The van der Waals surface area contributed by atoms with E-state index in [9.17, 15) is 14.9 Å². The van der Waals surface area contributed by atoms with Gasteiger partial charge in [0.25, 0.3) is 5.69 Å². The van der Waals surface area contributed by atoms with Crippen molar-refractivity contribution in [3.63, 3.8) is 0 Å². The maximum Gasteiger partial charge on any atom is 0.292 e. The molecule has 1 aromatic carbocycles. The van der Waals surface area contributed by atoms with Gasteiger partial charge >= 0.3 is 0 Å². The summed E-state index contributed by atoms with van der Waals surface area (Å²) in [4.78, 5) is 22.2. The number of amides is 1. The third kappa shape index (κ3) is 3.30. The number of aliphatic hydroxyl groups excluding tert-OH is 1. The van der Waals surface area contributed by atoms with Crippen LogP contribution in [0.15, 0.2) is 12.1 Å². The fourth-order valence-electron chi connectivity index (χ4n) is 2.23. The van der Waals surface area contributed by atoms with Gasteiger partial charge in [-0.15, -0.1) is 0 Å². The molecule has 21 heavy (non-hydrogen) atoms. The number of nitrogens with one attached hydrogen (secondary N) is 2. The summed E-state index contributed by atoms with van der Waals surface area (Å²) in [6.07, 6.45) is 0.847. The number of fused-ring (bicyclic) bond motifs is 1. The van der Waals surface area contributed by atoms with E-state index in [-0.39, 0.29) is 30.2 Å². The molecule has 1 aromatic rings. The molecule has 1 aliphatic heterocycles. The number of benzene rings is 1. The third-order valence-electron chi connectivity index (χ3n) is 3.84. The van der Waals surface area contributed by atoms with Crippen LogP contribution < -0.4 is 10.6 Å². The summed E-state index contributed by atoms with van der Waals surface area (Å²) in [5.41, 5.74) is 1.73. The minimum absolute atomic E-state index is 0.0103. The molecule has 0 fully saturated rings. The molecule has 1 aliphatic rings. The number of aliphatic hydroxyl groups is 1. The fraction of sp³-hybridized carbons (Fsp3) is 0.500. The van der Waals surface area contributed by atoms with Gasteiger partial charge in [0.15, 0.2) is 0 Å². The van der Waals surface area contributed by atoms with Crippen LogP contribution in [0.2, 0.25) is 0 Å². The normalized spacial score (nSPS) is 16.6. The Hall–Kier alpha value is -2.15. The predicted molar refractivity (Wildman–Crippen MR) is 79.4 cm³/mol. The van der Waals surface area contributed by atoms with Crippen molar-refractivity contribution in [1.29, 1.82) is 0 Å². The van der Waals surface area contributed by atoms with Crippen molar-refractivity contribution in [3.05, 3.63) is 27.8 Å². The Morgan fingerprint density at radius 1 is 1.43 bits per heavy atom. The van der Waals surface area contributed by atoms with E-state index in [1.54, 1.807) is 6.07 Å². The minimum atomic E-state index is -0.435. The van der Waals surface area contributed by atoms with E-state index in [0.717, 1.165) is 5.56 Å². The Kier molecular flexibility index (Phi) is 4.42. The van der Waals surface area contributed by atoms with Crippen molar-refractivity contribution >= 4 is 23.0 Å². The first-order chi connectivity index (χ1) is 9.92. The number of aryl methyl sites for hydroxylation is 1. The first kappa shape index (κ1) is 15.2. The predicted octanol–water partition coefficient (Wildman–Crippen LogP) is 1.91. The van der Waals surface area contributed by atoms with Crippen LogP contribution in [0, 0.1) is 16.0 Å². The van der Waals surface area contributed by atoms with Gasteiger partial charge in [-0.05, 0) is 30.9 Å². The highest BCUT2D eigenvalue weighted by Gasteiger charge is 2.24. The molecule has 0 saturated carbocycles. The van der Waals surface area contributed by atoms with Gasteiger partial charge in [0, 0.05) is 30.8 Å². The van der Waals surface area contributed by atoms with Gasteiger partial charge in [0.2, 0.25) is 5.91 Å². The summed E-state index contributed by atoms with van der Waals surface area (Å²) < 4.78 is 0. The van der Waals surface area contributed by atoms with Crippen LogP contribution in [0.5, 0.6) is 0 Å². The molecule has 1 amide bonds. The molecule has 3 N–H and O–H groups in total. The lowest BCUT2D eigenvalue weighted by Gasteiger charge is -2.23. The second kappa shape index (κ2) is 6.09. The maximum absolute atomic E-state index is 11.4.